The Morgan fingerprint density at radius 1 is 0.880 bits per heavy atom. The third kappa shape index (κ3) is 4.70. The van der Waals surface area contributed by atoms with Crippen LogP contribution in [0, 0.1) is 5.82 Å². The molecule has 1 N–H and O–H groups in total. The van der Waals surface area contributed by atoms with Crippen LogP contribution in [0.15, 0.2) is 89.8 Å². The van der Waals surface area contributed by atoms with Gasteiger partial charge in [-0.05, 0) is 23.8 Å². The fourth-order valence-electron chi connectivity index (χ4n) is 2.45. The Bertz CT molecular complexity index is 824. The Labute approximate surface area is 151 Å². The first-order chi connectivity index (χ1) is 12.2. The lowest BCUT2D eigenvalue weighted by atomic mass is 10.1. The molecule has 2 nitrogen and oxygen atoms in total. The van der Waals surface area contributed by atoms with Gasteiger partial charge in [0.05, 0.1) is 0 Å². The highest BCUT2D eigenvalue weighted by molar-refractivity contribution is 8.00. The minimum absolute atomic E-state index is 0.136. The number of hydrogen-bond acceptors (Lipinski definition) is 2. The maximum Gasteiger partial charge on any atom is 0.238 e. The van der Waals surface area contributed by atoms with Crippen molar-refractivity contribution in [2.24, 2.45) is 0 Å². The highest BCUT2D eigenvalue weighted by Crippen LogP contribution is 2.35. The zero-order chi connectivity index (χ0) is 17.5. The van der Waals surface area contributed by atoms with E-state index in [2.05, 4.69) is 5.32 Å². The zero-order valence-electron chi connectivity index (χ0n) is 13.6. The van der Waals surface area contributed by atoms with Crippen LogP contribution < -0.4 is 5.32 Å². The number of rotatable bonds is 6. The largest absolute Gasteiger partial charge is 0.351 e. The maximum atomic E-state index is 13.8. The minimum atomic E-state index is -0.393. The molecule has 4 heteroatoms. The lowest BCUT2D eigenvalue weighted by Gasteiger charge is -2.17. The molecule has 0 aromatic heterocycles. The molecule has 126 valence electrons. The van der Waals surface area contributed by atoms with Crippen molar-refractivity contribution in [1.29, 1.82) is 0 Å². The number of hydrogen-bond donors (Lipinski definition) is 1. The molecule has 0 bridgehead atoms. The van der Waals surface area contributed by atoms with E-state index in [4.69, 9.17) is 0 Å². The van der Waals surface area contributed by atoms with Crippen LogP contribution in [0.25, 0.3) is 0 Å². The maximum absolute atomic E-state index is 13.8. The molecule has 3 aromatic carbocycles. The third-order valence-electron chi connectivity index (χ3n) is 3.75. The highest BCUT2D eigenvalue weighted by atomic mass is 32.2. The molecule has 0 saturated heterocycles. The van der Waals surface area contributed by atoms with Gasteiger partial charge in [0, 0.05) is 17.0 Å². The average Bonchev–Trinajstić information content (AvgIpc) is 2.67. The minimum Gasteiger partial charge on any atom is -0.351 e. The Morgan fingerprint density at radius 3 is 2.16 bits per heavy atom. The van der Waals surface area contributed by atoms with Crippen molar-refractivity contribution in [3.8, 4) is 0 Å². The summed E-state index contributed by atoms with van der Waals surface area (Å²) in [7, 11) is 0. The van der Waals surface area contributed by atoms with Crippen molar-refractivity contribution in [3.63, 3.8) is 0 Å². The predicted octanol–water partition coefficient (Wildman–Crippen LogP) is 4.98. The van der Waals surface area contributed by atoms with E-state index in [0.29, 0.717) is 5.56 Å². The van der Waals surface area contributed by atoms with E-state index in [1.165, 1.54) is 17.8 Å². The highest BCUT2D eigenvalue weighted by Gasteiger charge is 2.21. The summed E-state index contributed by atoms with van der Waals surface area (Å²) >= 11 is 1.48. The molecule has 3 aromatic rings. The molecule has 1 atom stereocenters. The number of halogens is 1. The summed E-state index contributed by atoms with van der Waals surface area (Å²) in [5.41, 5.74) is 1.40. The Hall–Kier alpha value is -2.59. The summed E-state index contributed by atoms with van der Waals surface area (Å²) < 4.78 is 13.8. The fraction of sp³-hybridized carbons (Fsp3) is 0.0952. The topological polar surface area (TPSA) is 29.1 Å². The Morgan fingerprint density at radius 2 is 1.48 bits per heavy atom. The van der Waals surface area contributed by atoms with Crippen LogP contribution in [0.3, 0.4) is 0 Å². The zero-order valence-corrected chi connectivity index (χ0v) is 14.4. The standard InChI is InChI=1S/C21H18FNOS/c22-19-14-8-7-11-17(19)15-23-21(24)20(16-9-3-1-4-10-16)25-18-12-5-2-6-13-18/h1-14,20H,15H2,(H,23,24)/t20-/m1/s1. The van der Waals surface area contributed by atoms with Crippen molar-refractivity contribution in [2.75, 3.05) is 0 Å². The molecule has 1 amide bonds. The molecule has 0 saturated carbocycles. The lowest BCUT2D eigenvalue weighted by molar-refractivity contribution is -0.120. The molecular formula is C21H18FNOS. The number of amides is 1. The van der Waals surface area contributed by atoms with Gasteiger partial charge in [-0.25, -0.2) is 4.39 Å². The smallest absolute Gasteiger partial charge is 0.238 e. The molecule has 0 radical (unpaired) electrons. The number of nitrogens with one attached hydrogen (secondary N) is 1. The summed E-state index contributed by atoms with van der Waals surface area (Å²) in [6.45, 7) is 0.171. The van der Waals surface area contributed by atoms with E-state index in [1.807, 2.05) is 60.7 Å². The number of benzene rings is 3. The SMILES string of the molecule is O=C(NCc1ccccc1F)[C@H](Sc1ccccc1)c1ccccc1. The van der Waals surface area contributed by atoms with Gasteiger partial charge in [-0.1, -0.05) is 66.7 Å². The second kappa shape index (κ2) is 8.49. The van der Waals surface area contributed by atoms with Crippen molar-refractivity contribution in [2.45, 2.75) is 16.7 Å². The van der Waals surface area contributed by atoms with E-state index in [1.54, 1.807) is 18.2 Å². The molecule has 0 aliphatic carbocycles. The molecule has 0 unspecified atom stereocenters. The van der Waals surface area contributed by atoms with Crippen LogP contribution in [0.4, 0.5) is 4.39 Å². The van der Waals surface area contributed by atoms with Crippen LogP contribution in [0.2, 0.25) is 0 Å². The van der Waals surface area contributed by atoms with Crippen molar-refractivity contribution in [3.05, 3.63) is 102 Å². The van der Waals surface area contributed by atoms with Crippen LogP contribution >= 0.6 is 11.8 Å². The van der Waals surface area contributed by atoms with Gasteiger partial charge in [0.25, 0.3) is 0 Å². The van der Waals surface area contributed by atoms with Crippen LogP contribution in [0.5, 0.6) is 0 Å². The van der Waals surface area contributed by atoms with Gasteiger partial charge in [0.1, 0.15) is 11.1 Å². The summed E-state index contributed by atoms with van der Waals surface area (Å²) in [5.74, 6) is -0.446. The first kappa shape index (κ1) is 17.2. The van der Waals surface area contributed by atoms with E-state index in [0.717, 1.165) is 10.5 Å². The first-order valence-corrected chi connectivity index (χ1v) is 8.90. The fourth-order valence-corrected chi connectivity index (χ4v) is 3.52. The molecular weight excluding hydrogens is 333 g/mol. The predicted molar refractivity (Wildman–Crippen MR) is 99.7 cm³/mol. The van der Waals surface area contributed by atoms with Crippen molar-refractivity contribution >= 4 is 17.7 Å². The van der Waals surface area contributed by atoms with Gasteiger partial charge in [-0.15, -0.1) is 11.8 Å². The molecule has 0 aliphatic rings. The van der Waals surface area contributed by atoms with Crippen LogP contribution in [-0.4, -0.2) is 5.91 Å². The quantitative estimate of drug-likeness (QED) is 0.635. The van der Waals surface area contributed by atoms with Gasteiger partial charge in [-0.3, -0.25) is 4.79 Å². The van der Waals surface area contributed by atoms with Crippen LogP contribution in [-0.2, 0) is 11.3 Å². The van der Waals surface area contributed by atoms with Crippen molar-refractivity contribution in [1.82, 2.24) is 5.32 Å². The number of thioether (sulfide) groups is 1. The molecule has 0 heterocycles. The van der Waals surface area contributed by atoms with E-state index in [9.17, 15) is 9.18 Å². The molecule has 0 fully saturated rings. The lowest BCUT2D eigenvalue weighted by Crippen LogP contribution is -2.27. The van der Waals surface area contributed by atoms with Gasteiger partial charge in [0.15, 0.2) is 0 Å². The normalized spacial score (nSPS) is 11.7. The Balaban J connectivity index is 1.76. The first-order valence-electron chi connectivity index (χ1n) is 8.02. The molecule has 0 aliphatic heterocycles. The second-order valence-corrected chi connectivity index (χ2v) is 6.71. The second-order valence-electron chi connectivity index (χ2n) is 5.53. The summed E-state index contributed by atoms with van der Waals surface area (Å²) in [6.07, 6.45) is 0. The van der Waals surface area contributed by atoms with E-state index >= 15 is 0 Å². The van der Waals surface area contributed by atoms with Crippen LogP contribution in [0.1, 0.15) is 16.4 Å². The van der Waals surface area contributed by atoms with Crippen molar-refractivity contribution < 1.29 is 9.18 Å². The summed E-state index contributed by atoms with van der Waals surface area (Å²) in [5, 5.41) is 2.47. The molecule has 25 heavy (non-hydrogen) atoms. The van der Waals surface area contributed by atoms with E-state index in [-0.39, 0.29) is 18.3 Å². The average molecular weight is 351 g/mol. The molecule has 3 rings (SSSR count). The molecule has 0 spiro atoms. The van der Waals surface area contributed by atoms with Gasteiger partial charge in [-0.2, -0.15) is 0 Å². The van der Waals surface area contributed by atoms with Gasteiger partial charge < -0.3 is 5.32 Å². The number of carbonyl (C=O) groups is 1. The number of carbonyl (C=O) groups excluding carboxylic acids is 1. The van der Waals surface area contributed by atoms with Gasteiger partial charge in [0.2, 0.25) is 5.91 Å². The van der Waals surface area contributed by atoms with Gasteiger partial charge >= 0.3 is 0 Å². The summed E-state index contributed by atoms with van der Waals surface area (Å²) in [6, 6.07) is 25.9. The third-order valence-corrected chi connectivity index (χ3v) is 5.01. The van der Waals surface area contributed by atoms with E-state index < -0.39 is 5.25 Å². The monoisotopic (exact) mass is 351 g/mol. The summed E-state index contributed by atoms with van der Waals surface area (Å²) in [4.78, 5) is 13.8. The Kier molecular flexibility index (Phi) is 5.86.